The summed E-state index contributed by atoms with van der Waals surface area (Å²) in [6.07, 6.45) is 8.55. The molecule has 60 heavy (non-hydrogen) atoms. The molecular formula is C46H56FN9O4. The van der Waals surface area contributed by atoms with Crippen molar-refractivity contribution in [1.82, 2.24) is 24.6 Å². The van der Waals surface area contributed by atoms with Gasteiger partial charge in [0.25, 0.3) is 5.91 Å². The molecule has 8 N–H and O–H groups in total. The molecular weight excluding hydrogens is 762 g/mol. The molecule has 4 fully saturated rings. The number of anilines is 1. The first-order valence-corrected chi connectivity index (χ1v) is 21.1. The Morgan fingerprint density at radius 2 is 1.63 bits per heavy atom. The highest BCUT2D eigenvalue weighted by atomic mass is 19.1. The number of para-hydroxylation sites is 1. The normalized spacial score (nSPS) is 20.7. The van der Waals surface area contributed by atoms with Crippen LogP contribution in [0, 0.1) is 0 Å². The first-order valence-electron chi connectivity index (χ1n) is 21.1. The summed E-state index contributed by atoms with van der Waals surface area (Å²) in [6, 6.07) is 20.3. The van der Waals surface area contributed by atoms with E-state index in [1.165, 1.54) is 5.56 Å². The van der Waals surface area contributed by atoms with E-state index in [0.29, 0.717) is 74.0 Å². The molecule has 1 atom stereocenters. The molecule has 1 aromatic heterocycles. The summed E-state index contributed by atoms with van der Waals surface area (Å²) >= 11 is 0. The monoisotopic (exact) mass is 817 g/mol. The fraction of sp³-hybridized carbons (Fsp3) is 0.413. The molecule has 1 unspecified atom stereocenters. The number of likely N-dealkylation sites (tertiary alicyclic amines) is 3. The zero-order valence-corrected chi connectivity index (χ0v) is 34.3. The Hall–Kier alpha value is -6.02. The standard InChI is InChI=1S/C46H56FN9O4/c1-52-28-37(35-13-12-34(25-39(35)52)56-22-16-42(58)51-45(56)60)31-14-20-53(21-15-31)29-46(47)17-23-54(24-18-46)44(59)32-10-8-30(9-11-32)33-5-4-19-55(27-33)40(43(49)50)26-38(48)36-6-2-3-7-41(36)57/h2-3,6-13,25-26,28,31,33,57H,4-5,14-24,27,29,48-50H2,1H3,(H,51,58,60)/b38-26-. The molecule has 0 bridgehead atoms. The summed E-state index contributed by atoms with van der Waals surface area (Å²) in [5.41, 5.74) is 23.6. The number of imide groups is 1. The number of nitrogens with one attached hydrogen (secondary N) is 1. The fourth-order valence-corrected chi connectivity index (χ4v) is 9.63. The zero-order chi connectivity index (χ0) is 42.1. The van der Waals surface area contributed by atoms with Gasteiger partial charge in [0.05, 0.1) is 11.2 Å². The number of phenolic OH excluding ortho intramolecular Hbond substituents is 1. The van der Waals surface area contributed by atoms with Gasteiger partial charge in [0.15, 0.2) is 0 Å². The third kappa shape index (κ3) is 8.51. The number of rotatable bonds is 9. The number of nitrogens with two attached hydrogens (primary N) is 3. The van der Waals surface area contributed by atoms with Crippen molar-refractivity contribution < 1.29 is 23.9 Å². The van der Waals surface area contributed by atoms with Crippen molar-refractivity contribution in [2.24, 2.45) is 24.2 Å². The highest BCUT2D eigenvalue weighted by Crippen LogP contribution is 2.38. The van der Waals surface area contributed by atoms with Crippen molar-refractivity contribution in [1.29, 1.82) is 0 Å². The second-order valence-electron chi connectivity index (χ2n) is 17.0. The van der Waals surface area contributed by atoms with E-state index in [2.05, 4.69) is 31.9 Å². The third-order valence-electron chi connectivity index (χ3n) is 13.0. The molecule has 5 heterocycles. The van der Waals surface area contributed by atoms with Crippen molar-refractivity contribution >= 4 is 40.1 Å². The lowest BCUT2D eigenvalue weighted by molar-refractivity contribution is -0.120. The van der Waals surface area contributed by atoms with Gasteiger partial charge in [-0.1, -0.05) is 30.3 Å². The van der Waals surface area contributed by atoms with E-state index in [1.807, 2.05) is 43.4 Å². The quantitative estimate of drug-likeness (QED) is 0.138. The Labute approximate surface area is 350 Å². The minimum absolute atomic E-state index is 0.0721. The lowest BCUT2D eigenvalue weighted by atomic mass is 9.87. The minimum Gasteiger partial charge on any atom is -0.507 e. The van der Waals surface area contributed by atoms with Gasteiger partial charge in [0, 0.05) is 106 Å². The molecule has 3 aromatic carbocycles. The number of aryl methyl sites for hydroxylation is 1. The maximum atomic E-state index is 16.4. The number of aromatic hydroxyl groups is 1. The number of benzene rings is 3. The molecule has 4 amide bonds. The molecule has 14 heteroatoms. The van der Waals surface area contributed by atoms with Gasteiger partial charge in [-0.2, -0.15) is 0 Å². The highest BCUT2D eigenvalue weighted by Gasteiger charge is 2.39. The van der Waals surface area contributed by atoms with Gasteiger partial charge < -0.3 is 41.6 Å². The van der Waals surface area contributed by atoms with Crippen LogP contribution in [0.4, 0.5) is 14.9 Å². The van der Waals surface area contributed by atoms with Crippen LogP contribution in [0.15, 0.2) is 90.5 Å². The van der Waals surface area contributed by atoms with Crippen LogP contribution in [0.1, 0.15) is 83.8 Å². The minimum atomic E-state index is -1.34. The number of urea groups is 1. The number of halogens is 1. The fourth-order valence-electron chi connectivity index (χ4n) is 9.63. The molecule has 316 valence electrons. The van der Waals surface area contributed by atoms with E-state index in [1.54, 1.807) is 40.1 Å². The summed E-state index contributed by atoms with van der Waals surface area (Å²) in [5, 5.41) is 13.8. The van der Waals surface area contributed by atoms with E-state index in [0.717, 1.165) is 67.5 Å². The van der Waals surface area contributed by atoms with Gasteiger partial charge in [0.1, 0.15) is 17.2 Å². The summed E-state index contributed by atoms with van der Waals surface area (Å²) in [5.74, 6) is 0.449. The van der Waals surface area contributed by atoms with Crippen molar-refractivity contribution in [3.8, 4) is 5.75 Å². The third-order valence-corrected chi connectivity index (χ3v) is 13.0. The van der Waals surface area contributed by atoms with Crippen LogP contribution in [0.3, 0.4) is 0 Å². The number of piperidine rings is 3. The van der Waals surface area contributed by atoms with E-state index in [9.17, 15) is 19.5 Å². The van der Waals surface area contributed by atoms with Gasteiger partial charge in [-0.05, 0) is 98.3 Å². The molecule has 4 aliphatic rings. The summed E-state index contributed by atoms with van der Waals surface area (Å²) in [6.45, 7) is 4.54. The zero-order valence-electron chi connectivity index (χ0n) is 34.3. The van der Waals surface area contributed by atoms with E-state index in [-0.39, 0.29) is 35.7 Å². The second kappa shape index (κ2) is 16.9. The Morgan fingerprint density at radius 3 is 2.33 bits per heavy atom. The average molecular weight is 818 g/mol. The summed E-state index contributed by atoms with van der Waals surface area (Å²) in [7, 11) is 2.01. The Balaban J connectivity index is 0.826. The summed E-state index contributed by atoms with van der Waals surface area (Å²) < 4.78 is 18.5. The van der Waals surface area contributed by atoms with Crippen LogP contribution in [0.2, 0.25) is 0 Å². The first-order chi connectivity index (χ1) is 28.9. The number of allylic oxidation sites excluding steroid dienone is 1. The Kier molecular flexibility index (Phi) is 11.5. The maximum absolute atomic E-state index is 16.4. The molecule has 0 saturated carbocycles. The number of phenols is 1. The second-order valence-corrected chi connectivity index (χ2v) is 17.0. The predicted molar refractivity (Wildman–Crippen MR) is 231 cm³/mol. The highest BCUT2D eigenvalue weighted by molar-refractivity contribution is 6.06. The molecule has 13 nitrogen and oxygen atoms in total. The van der Waals surface area contributed by atoms with Gasteiger partial charge >= 0.3 is 6.03 Å². The van der Waals surface area contributed by atoms with Gasteiger partial charge in [-0.3, -0.25) is 19.8 Å². The van der Waals surface area contributed by atoms with Gasteiger partial charge in [-0.15, -0.1) is 0 Å². The number of amides is 4. The first kappa shape index (κ1) is 40.7. The number of nitrogens with zero attached hydrogens (tertiary/aromatic N) is 5. The van der Waals surface area contributed by atoms with Crippen molar-refractivity contribution in [3.63, 3.8) is 0 Å². The number of alkyl halides is 1. The van der Waals surface area contributed by atoms with E-state index >= 15 is 4.39 Å². The predicted octanol–water partition coefficient (Wildman–Crippen LogP) is 5.42. The molecule has 4 aromatic rings. The molecule has 0 spiro atoms. The van der Waals surface area contributed by atoms with Gasteiger partial charge in [-0.25, -0.2) is 9.18 Å². The van der Waals surface area contributed by atoms with Crippen molar-refractivity contribution in [3.05, 3.63) is 113 Å². The molecule has 0 aliphatic carbocycles. The number of fused-ring (bicyclic) bond motifs is 1. The topological polar surface area (TPSA) is 179 Å². The van der Waals surface area contributed by atoms with Crippen LogP contribution in [-0.4, -0.2) is 100 Å². The van der Waals surface area contributed by atoms with E-state index in [4.69, 9.17) is 17.2 Å². The number of hydrogen-bond acceptors (Lipinski definition) is 9. The average Bonchev–Trinajstić information content (AvgIpc) is 3.58. The number of carbonyl (C=O) groups excluding carboxylic acids is 3. The van der Waals surface area contributed by atoms with Crippen LogP contribution >= 0.6 is 0 Å². The smallest absolute Gasteiger partial charge is 0.328 e. The molecule has 8 rings (SSSR count). The molecule has 4 saturated heterocycles. The number of carbonyl (C=O) groups is 3. The summed E-state index contributed by atoms with van der Waals surface area (Å²) in [4.78, 5) is 45.5. The van der Waals surface area contributed by atoms with Crippen molar-refractivity contribution in [2.45, 2.75) is 62.5 Å². The number of aromatic nitrogens is 1. The lowest BCUT2D eigenvalue weighted by Gasteiger charge is -2.41. The Bertz CT molecular complexity index is 2320. The van der Waals surface area contributed by atoms with Crippen LogP contribution in [0.5, 0.6) is 5.75 Å². The largest absolute Gasteiger partial charge is 0.507 e. The SMILES string of the molecule is Cn1cc(C2CCN(CC3(F)CCN(C(=O)c4ccc(C5CCCN(C(/C=C(\N)c6ccccc6O)=C(N)N)C5)cc4)CC3)CC2)c2ccc(N3CCC(=O)NC3=O)cc21. The van der Waals surface area contributed by atoms with Gasteiger partial charge in [0.2, 0.25) is 5.91 Å². The number of hydrogen-bond donors (Lipinski definition) is 5. The van der Waals surface area contributed by atoms with Crippen LogP contribution in [-0.2, 0) is 11.8 Å². The Morgan fingerprint density at radius 1 is 0.900 bits per heavy atom. The molecule has 0 radical (unpaired) electrons. The van der Waals surface area contributed by atoms with E-state index < -0.39 is 11.7 Å². The van der Waals surface area contributed by atoms with Crippen molar-refractivity contribution in [2.75, 3.05) is 57.3 Å². The van der Waals surface area contributed by atoms with Crippen LogP contribution < -0.4 is 27.4 Å². The maximum Gasteiger partial charge on any atom is 0.328 e. The lowest BCUT2D eigenvalue weighted by Crippen LogP contribution is -2.50. The van der Waals surface area contributed by atoms with Crippen LogP contribution in [0.25, 0.3) is 16.6 Å². The molecule has 4 aliphatic heterocycles.